The van der Waals surface area contributed by atoms with Crippen molar-refractivity contribution in [2.75, 3.05) is 16.4 Å². The molecule has 0 saturated heterocycles. The molecule has 0 aromatic heterocycles. The van der Waals surface area contributed by atoms with Gasteiger partial charge < -0.3 is 0 Å². The zero-order valence-corrected chi connectivity index (χ0v) is 14.4. The first kappa shape index (κ1) is 17.4. The lowest BCUT2D eigenvalue weighted by Gasteiger charge is -2.31. The number of hydrogen-bond acceptors (Lipinski definition) is 1. The second kappa shape index (κ2) is 7.36. The fraction of sp³-hybridized carbons (Fsp3) is 0.538. The molecule has 6 heteroatoms. The molecule has 0 atom stereocenters. The summed E-state index contributed by atoms with van der Waals surface area (Å²) in [7, 11) is 0. The molecule has 0 N–H and O–H groups in total. The van der Waals surface area contributed by atoms with E-state index in [0.717, 1.165) is 11.1 Å². The predicted octanol–water partition coefficient (Wildman–Crippen LogP) is 5.67. The molecule has 0 saturated carbocycles. The van der Waals surface area contributed by atoms with E-state index in [1.807, 2.05) is 31.2 Å². The van der Waals surface area contributed by atoms with Gasteiger partial charge in [0.2, 0.25) is 0 Å². The first-order chi connectivity index (χ1) is 8.83. The molecule has 0 nitrogen and oxygen atoms in total. The van der Waals surface area contributed by atoms with Gasteiger partial charge in [-0.15, -0.1) is 0 Å². The van der Waals surface area contributed by atoms with Gasteiger partial charge in [0.1, 0.15) is 0 Å². The number of thioether (sulfide) groups is 1. The molecule has 0 unspecified atom stereocenters. The highest BCUT2D eigenvalue weighted by molar-refractivity contribution is 9.09. The van der Waals surface area contributed by atoms with Gasteiger partial charge in [-0.3, -0.25) is 0 Å². The Kier molecular flexibility index (Phi) is 6.73. The Morgan fingerprint density at radius 3 is 2.26 bits per heavy atom. The van der Waals surface area contributed by atoms with Gasteiger partial charge in [-0.1, -0.05) is 73.5 Å². The van der Waals surface area contributed by atoms with E-state index in [2.05, 4.69) is 31.9 Å². The van der Waals surface area contributed by atoms with Crippen molar-refractivity contribution < 1.29 is 13.2 Å². The van der Waals surface area contributed by atoms with Crippen LogP contribution >= 0.6 is 43.6 Å². The number of alkyl halides is 5. The van der Waals surface area contributed by atoms with Crippen LogP contribution in [0.3, 0.4) is 0 Å². The third-order valence-corrected chi connectivity index (χ3v) is 5.87. The van der Waals surface area contributed by atoms with Gasteiger partial charge in [0.25, 0.3) is 0 Å². The first-order valence-corrected chi connectivity index (χ1v) is 8.95. The van der Waals surface area contributed by atoms with Crippen LogP contribution in [0.25, 0.3) is 0 Å². The molecule has 0 spiro atoms. The van der Waals surface area contributed by atoms with E-state index in [1.54, 1.807) is 0 Å². The molecule has 0 radical (unpaired) electrons. The summed E-state index contributed by atoms with van der Waals surface area (Å²) in [6.45, 7) is 1.99. The SMILES string of the molecule is Cc1cccc(C(CBr)(CBr)CCSC(F)(F)F)c1. The van der Waals surface area contributed by atoms with Crippen LogP contribution in [0.15, 0.2) is 24.3 Å². The summed E-state index contributed by atoms with van der Waals surface area (Å²) in [5, 5.41) is 1.26. The van der Waals surface area contributed by atoms with Crippen LogP contribution in [0.5, 0.6) is 0 Å². The van der Waals surface area contributed by atoms with E-state index < -0.39 is 5.51 Å². The van der Waals surface area contributed by atoms with Crippen molar-refractivity contribution in [3.63, 3.8) is 0 Å². The summed E-state index contributed by atoms with van der Waals surface area (Å²) in [5.41, 5.74) is -2.27. The van der Waals surface area contributed by atoms with E-state index in [1.165, 1.54) is 0 Å². The van der Waals surface area contributed by atoms with Crippen LogP contribution in [0.1, 0.15) is 17.5 Å². The largest absolute Gasteiger partial charge is 0.441 e. The lowest BCUT2D eigenvalue weighted by Crippen LogP contribution is -2.31. The minimum atomic E-state index is -4.16. The third kappa shape index (κ3) is 5.31. The molecule has 1 aromatic carbocycles. The molecular weight excluding hydrogens is 405 g/mol. The molecule has 0 amide bonds. The average Bonchev–Trinajstić information content (AvgIpc) is 2.34. The monoisotopic (exact) mass is 418 g/mol. The van der Waals surface area contributed by atoms with Crippen LogP contribution in [0, 0.1) is 6.92 Å². The smallest absolute Gasteiger partial charge is 0.160 e. The summed E-state index contributed by atoms with van der Waals surface area (Å²) >= 11 is 6.96. The number of hydrogen-bond donors (Lipinski definition) is 0. The minimum absolute atomic E-state index is 0.0484. The third-order valence-electron chi connectivity index (χ3n) is 2.99. The van der Waals surface area contributed by atoms with Gasteiger partial charge in [-0.05, 0) is 18.9 Å². The van der Waals surface area contributed by atoms with Crippen molar-refractivity contribution in [3.8, 4) is 0 Å². The topological polar surface area (TPSA) is 0 Å². The number of halogens is 5. The zero-order valence-electron chi connectivity index (χ0n) is 10.4. The maximum absolute atomic E-state index is 12.2. The van der Waals surface area contributed by atoms with Gasteiger partial charge in [0.15, 0.2) is 0 Å². The second-order valence-corrected chi connectivity index (χ2v) is 6.74. The van der Waals surface area contributed by atoms with Crippen LogP contribution in [-0.4, -0.2) is 21.9 Å². The highest BCUT2D eigenvalue weighted by Crippen LogP contribution is 2.37. The fourth-order valence-corrected chi connectivity index (χ4v) is 4.67. The Morgan fingerprint density at radius 2 is 1.79 bits per heavy atom. The quantitative estimate of drug-likeness (QED) is 0.535. The Balaban J connectivity index is 2.85. The molecule has 108 valence electrons. The summed E-state index contributed by atoms with van der Waals surface area (Å²) in [6, 6.07) is 7.96. The van der Waals surface area contributed by atoms with Crippen molar-refractivity contribution in [2.24, 2.45) is 0 Å². The summed E-state index contributed by atoms with van der Waals surface area (Å²) in [4.78, 5) is 0. The normalized spacial score (nSPS) is 12.7. The van der Waals surface area contributed by atoms with E-state index in [0.29, 0.717) is 17.1 Å². The Bertz CT molecular complexity index is 403. The van der Waals surface area contributed by atoms with Crippen molar-refractivity contribution >= 4 is 43.6 Å². The second-order valence-electron chi connectivity index (χ2n) is 4.46. The molecule has 0 fully saturated rings. The van der Waals surface area contributed by atoms with E-state index in [9.17, 15) is 13.2 Å². The molecule has 1 aromatic rings. The van der Waals surface area contributed by atoms with E-state index in [4.69, 9.17) is 0 Å². The van der Waals surface area contributed by atoms with Gasteiger partial charge in [-0.2, -0.15) is 13.2 Å². The molecule has 1 rings (SSSR count). The Hall–Kier alpha value is 0.320. The van der Waals surface area contributed by atoms with Gasteiger partial charge in [-0.25, -0.2) is 0 Å². The maximum Gasteiger partial charge on any atom is 0.441 e. The van der Waals surface area contributed by atoms with Gasteiger partial charge in [0, 0.05) is 21.8 Å². The summed E-state index contributed by atoms with van der Waals surface area (Å²) in [5.74, 6) is 0.0641. The maximum atomic E-state index is 12.2. The number of aryl methyl sites for hydroxylation is 1. The fourth-order valence-electron chi connectivity index (χ4n) is 1.81. The van der Waals surface area contributed by atoms with Crippen LogP contribution in [0.4, 0.5) is 13.2 Å². The van der Waals surface area contributed by atoms with Gasteiger partial charge in [0.05, 0.1) is 0 Å². The molecule has 0 bridgehead atoms. The molecule has 0 aliphatic heterocycles. The van der Waals surface area contributed by atoms with E-state index in [-0.39, 0.29) is 22.9 Å². The molecule has 19 heavy (non-hydrogen) atoms. The van der Waals surface area contributed by atoms with E-state index >= 15 is 0 Å². The van der Waals surface area contributed by atoms with Crippen molar-refractivity contribution in [1.29, 1.82) is 0 Å². The van der Waals surface area contributed by atoms with Gasteiger partial charge >= 0.3 is 5.51 Å². The molecule has 0 aliphatic carbocycles. The summed E-state index contributed by atoms with van der Waals surface area (Å²) < 4.78 is 36.7. The molecule has 0 heterocycles. The van der Waals surface area contributed by atoms with Crippen LogP contribution in [0.2, 0.25) is 0 Å². The lowest BCUT2D eigenvalue weighted by atomic mass is 9.81. The molecular formula is C13H15Br2F3S. The highest BCUT2D eigenvalue weighted by atomic mass is 79.9. The lowest BCUT2D eigenvalue weighted by molar-refractivity contribution is -0.0328. The number of benzene rings is 1. The number of rotatable bonds is 6. The Labute approximate surface area is 132 Å². The van der Waals surface area contributed by atoms with Crippen molar-refractivity contribution in [2.45, 2.75) is 24.3 Å². The zero-order chi connectivity index (χ0) is 14.5. The Morgan fingerprint density at radius 1 is 1.16 bits per heavy atom. The average molecular weight is 420 g/mol. The predicted molar refractivity (Wildman–Crippen MR) is 83.6 cm³/mol. The van der Waals surface area contributed by atoms with Crippen LogP contribution in [-0.2, 0) is 5.41 Å². The molecule has 0 aliphatic rings. The first-order valence-electron chi connectivity index (χ1n) is 5.73. The standard InChI is InChI=1S/C13H15Br2F3S/c1-10-3-2-4-11(7-10)12(8-14,9-15)5-6-19-13(16,17)18/h2-4,7H,5-6,8-9H2,1H3. The highest BCUT2D eigenvalue weighted by Gasteiger charge is 2.33. The van der Waals surface area contributed by atoms with Crippen LogP contribution < -0.4 is 0 Å². The summed E-state index contributed by atoms with van der Waals surface area (Å²) in [6.07, 6.45) is 0.469. The van der Waals surface area contributed by atoms with Crippen molar-refractivity contribution in [1.82, 2.24) is 0 Å². The minimum Gasteiger partial charge on any atom is -0.160 e. The van der Waals surface area contributed by atoms with Crippen molar-refractivity contribution in [3.05, 3.63) is 35.4 Å².